The van der Waals surface area contributed by atoms with Gasteiger partial charge in [-0.15, -0.1) is 10.2 Å². The van der Waals surface area contributed by atoms with Gasteiger partial charge in [0.2, 0.25) is 5.95 Å². The van der Waals surface area contributed by atoms with Gasteiger partial charge in [-0.25, -0.2) is 4.98 Å². The van der Waals surface area contributed by atoms with Crippen LogP contribution in [-0.2, 0) is 4.74 Å². The number of nitrogens with zero attached hydrogens (tertiary/aromatic N) is 3. The highest BCUT2D eigenvalue weighted by molar-refractivity contribution is 5.69. The minimum Gasteiger partial charge on any atom is -0.507 e. The second-order valence-corrected chi connectivity index (χ2v) is 6.80. The Kier molecular flexibility index (Phi) is 4.27. The monoisotopic (exact) mass is 342 g/mol. The maximum atomic E-state index is 10.4. The van der Waals surface area contributed by atoms with E-state index < -0.39 is 6.10 Å². The van der Waals surface area contributed by atoms with Crippen molar-refractivity contribution in [1.29, 1.82) is 0 Å². The molecule has 1 aliphatic carbocycles. The Morgan fingerprint density at radius 1 is 1.20 bits per heavy atom. The number of aromatic nitrogens is 3. The van der Waals surface area contributed by atoms with Crippen LogP contribution in [0.15, 0.2) is 18.2 Å². The molecule has 1 aromatic heterocycles. The first-order valence-electron chi connectivity index (χ1n) is 8.69. The first kappa shape index (κ1) is 16.2. The number of benzene rings is 1. The maximum absolute atomic E-state index is 10.4. The molecular weight excluding hydrogens is 320 g/mol. The number of hydrogen-bond acceptors (Lipinski definition) is 7. The first-order valence-corrected chi connectivity index (χ1v) is 8.69. The van der Waals surface area contributed by atoms with Crippen molar-refractivity contribution in [3.63, 3.8) is 0 Å². The van der Waals surface area contributed by atoms with Crippen LogP contribution in [0.25, 0.3) is 11.3 Å². The van der Waals surface area contributed by atoms with Crippen LogP contribution in [0, 0.1) is 6.92 Å². The molecule has 0 amide bonds. The summed E-state index contributed by atoms with van der Waals surface area (Å²) in [5.41, 5.74) is 3.05. The zero-order valence-electron chi connectivity index (χ0n) is 14.1. The summed E-state index contributed by atoms with van der Waals surface area (Å²) >= 11 is 0. The smallest absolute Gasteiger partial charge is 0.243 e. The van der Waals surface area contributed by atoms with Gasteiger partial charge in [-0.1, -0.05) is 6.07 Å². The van der Waals surface area contributed by atoms with Crippen molar-refractivity contribution < 1.29 is 14.9 Å². The van der Waals surface area contributed by atoms with Gasteiger partial charge in [0.15, 0.2) is 0 Å². The molecule has 4 rings (SSSR count). The number of aryl methyl sites for hydroxylation is 1. The lowest BCUT2D eigenvalue weighted by molar-refractivity contribution is -0.0136. The summed E-state index contributed by atoms with van der Waals surface area (Å²) in [6.07, 6.45) is 2.49. The Bertz CT molecular complexity index is 779. The average Bonchev–Trinajstić information content (AvgIpc) is 3.43. The second-order valence-electron chi connectivity index (χ2n) is 6.80. The van der Waals surface area contributed by atoms with Gasteiger partial charge in [0.1, 0.15) is 11.4 Å². The molecule has 0 bridgehead atoms. The van der Waals surface area contributed by atoms with Crippen molar-refractivity contribution >= 4 is 5.95 Å². The Hall–Kier alpha value is -2.25. The van der Waals surface area contributed by atoms with Crippen LogP contribution >= 0.6 is 0 Å². The zero-order chi connectivity index (χ0) is 17.4. The standard InChI is InChI=1S/C18H22N4O3/c1-10-17(13-5-4-12(8-15(13)23)11-2-3-11)21-22-18(19-10)20-14-6-7-25-9-16(14)24/h4-5,8,11,14,16,23-24H,2-3,6-7,9H2,1H3,(H,19,20,22)/t14-,16-/m1/s1. The summed E-state index contributed by atoms with van der Waals surface area (Å²) < 4.78 is 5.22. The highest BCUT2D eigenvalue weighted by atomic mass is 16.5. The van der Waals surface area contributed by atoms with Crippen molar-refractivity contribution in [2.45, 2.75) is 44.2 Å². The molecule has 0 radical (unpaired) electrons. The summed E-state index contributed by atoms with van der Waals surface area (Å²) in [6.45, 7) is 2.74. The molecule has 1 saturated carbocycles. The molecule has 25 heavy (non-hydrogen) atoms. The predicted octanol–water partition coefficient (Wildman–Crippen LogP) is 1.99. The molecule has 2 heterocycles. The maximum Gasteiger partial charge on any atom is 0.243 e. The van der Waals surface area contributed by atoms with E-state index in [9.17, 15) is 10.2 Å². The van der Waals surface area contributed by atoms with E-state index in [0.717, 1.165) is 0 Å². The van der Waals surface area contributed by atoms with Crippen LogP contribution in [0.5, 0.6) is 5.75 Å². The summed E-state index contributed by atoms with van der Waals surface area (Å²) in [5, 5.41) is 31.8. The SMILES string of the molecule is Cc1nc(N[C@@H]2CCOC[C@H]2O)nnc1-c1ccc(C2CC2)cc1O. The van der Waals surface area contributed by atoms with Crippen LogP contribution in [-0.4, -0.2) is 50.8 Å². The molecule has 7 heteroatoms. The van der Waals surface area contributed by atoms with Crippen molar-refractivity contribution in [3.05, 3.63) is 29.5 Å². The second kappa shape index (κ2) is 6.57. The Morgan fingerprint density at radius 3 is 2.72 bits per heavy atom. The van der Waals surface area contributed by atoms with Crippen LogP contribution in [0.3, 0.4) is 0 Å². The third kappa shape index (κ3) is 3.43. The molecule has 0 spiro atoms. The molecule has 3 N–H and O–H groups in total. The zero-order valence-corrected chi connectivity index (χ0v) is 14.1. The van der Waals surface area contributed by atoms with E-state index in [1.54, 1.807) is 0 Å². The lowest BCUT2D eigenvalue weighted by Crippen LogP contribution is -2.42. The number of hydrogen-bond donors (Lipinski definition) is 3. The number of aromatic hydroxyl groups is 1. The van der Waals surface area contributed by atoms with Gasteiger partial charge in [-0.2, -0.15) is 0 Å². The first-order chi connectivity index (χ1) is 12.1. The Labute approximate surface area is 146 Å². The highest BCUT2D eigenvalue weighted by Crippen LogP contribution is 2.42. The van der Waals surface area contributed by atoms with Crippen LogP contribution in [0.1, 0.15) is 36.4 Å². The molecule has 2 aliphatic rings. The number of phenolic OH excluding ortho intramolecular Hbond substituents is 1. The van der Waals surface area contributed by atoms with E-state index in [1.165, 1.54) is 18.4 Å². The van der Waals surface area contributed by atoms with Gasteiger partial charge < -0.3 is 20.3 Å². The van der Waals surface area contributed by atoms with Crippen molar-refractivity contribution in [1.82, 2.24) is 15.2 Å². The third-order valence-electron chi connectivity index (χ3n) is 4.83. The number of anilines is 1. The van der Waals surface area contributed by atoms with E-state index >= 15 is 0 Å². The van der Waals surface area contributed by atoms with Crippen molar-refractivity contribution in [2.75, 3.05) is 18.5 Å². The highest BCUT2D eigenvalue weighted by Gasteiger charge is 2.26. The number of aliphatic hydroxyl groups is 1. The molecule has 132 valence electrons. The van der Waals surface area contributed by atoms with Crippen LogP contribution < -0.4 is 5.32 Å². The van der Waals surface area contributed by atoms with Crippen LogP contribution in [0.4, 0.5) is 5.95 Å². The van der Waals surface area contributed by atoms with Gasteiger partial charge >= 0.3 is 0 Å². The van der Waals surface area contributed by atoms with Gasteiger partial charge in [-0.05, 0) is 49.8 Å². The Balaban J connectivity index is 1.55. The molecule has 1 saturated heterocycles. The average molecular weight is 342 g/mol. The van der Waals surface area contributed by atoms with Gasteiger partial charge in [0.25, 0.3) is 0 Å². The number of ether oxygens (including phenoxy) is 1. The van der Waals surface area contributed by atoms with Gasteiger partial charge in [0.05, 0.1) is 24.4 Å². The molecule has 1 aromatic carbocycles. The minimum atomic E-state index is -0.587. The van der Waals surface area contributed by atoms with Crippen LogP contribution in [0.2, 0.25) is 0 Å². The topological polar surface area (TPSA) is 100 Å². The molecule has 0 unspecified atom stereocenters. The van der Waals surface area contributed by atoms with Gasteiger partial charge in [0, 0.05) is 12.2 Å². The van der Waals surface area contributed by atoms with E-state index in [4.69, 9.17) is 4.74 Å². The molecule has 2 fully saturated rings. The quantitative estimate of drug-likeness (QED) is 0.781. The fourth-order valence-corrected chi connectivity index (χ4v) is 3.19. The normalized spacial score (nSPS) is 23.4. The van der Waals surface area contributed by atoms with E-state index in [-0.39, 0.29) is 11.8 Å². The summed E-state index contributed by atoms with van der Waals surface area (Å²) in [4.78, 5) is 4.44. The molecule has 7 nitrogen and oxygen atoms in total. The summed E-state index contributed by atoms with van der Waals surface area (Å²) in [7, 11) is 0. The lowest BCUT2D eigenvalue weighted by atomic mass is 10.0. The minimum absolute atomic E-state index is 0.146. The largest absolute Gasteiger partial charge is 0.507 e. The van der Waals surface area contributed by atoms with Crippen molar-refractivity contribution in [2.24, 2.45) is 0 Å². The fraction of sp³-hybridized carbons (Fsp3) is 0.500. The van der Waals surface area contributed by atoms with E-state index in [0.29, 0.717) is 48.5 Å². The van der Waals surface area contributed by atoms with Crippen molar-refractivity contribution in [3.8, 4) is 17.0 Å². The summed E-state index contributed by atoms with van der Waals surface area (Å²) in [6, 6.07) is 5.60. The Morgan fingerprint density at radius 2 is 2.04 bits per heavy atom. The fourth-order valence-electron chi connectivity index (χ4n) is 3.19. The predicted molar refractivity (Wildman–Crippen MR) is 92.5 cm³/mol. The number of phenols is 1. The van der Waals surface area contributed by atoms with E-state index in [2.05, 4.69) is 20.5 Å². The number of nitrogens with one attached hydrogen (secondary N) is 1. The molecule has 2 atom stereocenters. The third-order valence-corrected chi connectivity index (χ3v) is 4.83. The summed E-state index contributed by atoms with van der Waals surface area (Å²) in [5.74, 6) is 1.17. The molecular formula is C18H22N4O3. The number of rotatable bonds is 4. The molecule has 1 aliphatic heterocycles. The lowest BCUT2D eigenvalue weighted by Gasteiger charge is -2.28. The van der Waals surface area contributed by atoms with Gasteiger partial charge in [-0.3, -0.25) is 0 Å². The molecule has 2 aromatic rings. The number of aliphatic hydroxyl groups excluding tert-OH is 1. The van der Waals surface area contributed by atoms with E-state index in [1.807, 2.05) is 25.1 Å².